The van der Waals surface area contributed by atoms with Crippen LogP contribution in [0.25, 0.3) is 11.4 Å². The average molecular weight is 463 g/mol. The van der Waals surface area contributed by atoms with E-state index in [0.29, 0.717) is 41.1 Å². The number of H-pyrrole nitrogens is 1. The Hall–Kier alpha value is -2.65. The molecule has 31 heavy (non-hydrogen) atoms. The van der Waals surface area contributed by atoms with Gasteiger partial charge in [-0.05, 0) is 29.3 Å². The minimum Gasteiger partial charge on any atom is -0.370 e. The third kappa shape index (κ3) is 5.34. The molecule has 162 valence electrons. The molecule has 4 rings (SSSR count). The van der Waals surface area contributed by atoms with E-state index in [-0.39, 0.29) is 24.5 Å². The van der Waals surface area contributed by atoms with E-state index in [9.17, 15) is 9.59 Å². The topological polar surface area (TPSA) is 109 Å². The lowest BCUT2D eigenvalue weighted by atomic mass is 10.0. The molecule has 1 amide bonds. The number of carbonyl (C=O) groups is 1. The number of nitrogens with one attached hydrogen (secondary N) is 3. The minimum atomic E-state index is -0.632. The standard InChI is InChI=1S/C21H20Cl2N4O4/c22-15-5-4-13(10-16(15)23)19-17(11-24-6-7-30-19)25-18(28)9-12-2-1-3-14(8-12)20-26-21(29)31-27-20/h1-5,8,10,17,19,24H,6-7,9,11H2,(H,25,28)(H,26,27,29). The van der Waals surface area contributed by atoms with Crippen molar-refractivity contribution >= 4 is 29.1 Å². The van der Waals surface area contributed by atoms with Gasteiger partial charge in [0, 0.05) is 18.7 Å². The molecule has 1 fully saturated rings. The van der Waals surface area contributed by atoms with Crippen molar-refractivity contribution in [1.82, 2.24) is 20.8 Å². The van der Waals surface area contributed by atoms with Gasteiger partial charge in [0.1, 0.15) is 6.10 Å². The summed E-state index contributed by atoms with van der Waals surface area (Å²) in [5.41, 5.74) is 2.28. The minimum absolute atomic E-state index is 0.153. The fourth-order valence-electron chi connectivity index (χ4n) is 3.51. The largest absolute Gasteiger partial charge is 0.439 e. The molecule has 8 nitrogen and oxygen atoms in total. The van der Waals surface area contributed by atoms with Gasteiger partial charge in [0.15, 0.2) is 5.82 Å². The third-order valence-electron chi connectivity index (χ3n) is 4.93. The van der Waals surface area contributed by atoms with Crippen LogP contribution in [0.2, 0.25) is 10.0 Å². The average Bonchev–Trinajstić information content (AvgIpc) is 3.05. The molecular weight excluding hydrogens is 443 g/mol. The summed E-state index contributed by atoms with van der Waals surface area (Å²) in [5, 5.41) is 10.9. The molecule has 1 aliphatic rings. The molecule has 0 aliphatic carbocycles. The molecular formula is C21H20Cl2N4O4. The van der Waals surface area contributed by atoms with E-state index in [1.54, 1.807) is 30.3 Å². The second-order valence-corrected chi connectivity index (χ2v) is 7.98. The van der Waals surface area contributed by atoms with Crippen molar-refractivity contribution in [2.45, 2.75) is 18.6 Å². The number of carbonyl (C=O) groups excluding carboxylic acids is 1. The van der Waals surface area contributed by atoms with Crippen LogP contribution in [-0.4, -0.2) is 41.8 Å². The number of aromatic amines is 1. The zero-order valence-corrected chi connectivity index (χ0v) is 17.9. The van der Waals surface area contributed by atoms with Gasteiger partial charge in [-0.15, -0.1) is 0 Å². The van der Waals surface area contributed by atoms with Gasteiger partial charge in [-0.3, -0.25) is 14.3 Å². The Labute approximate surface area is 187 Å². The zero-order chi connectivity index (χ0) is 21.8. The van der Waals surface area contributed by atoms with E-state index >= 15 is 0 Å². The predicted octanol–water partition coefficient (Wildman–Crippen LogP) is 2.73. The van der Waals surface area contributed by atoms with Crippen LogP contribution in [0.5, 0.6) is 0 Å². The number of rotatable bonds is 5. The van der Waals surface area contributed by atoms with Gasteiger partial charge in [-0.2, -0.15) is 0 Å². The first-order valence-corrected chi connectivity index (χ1v) is 10.5. The molecule has 0 radical (unpaired) electrons. The lowest BCUT2D eigenvalue weighted by Gasteiger charge is -2.26. The van der Waals surface area contributed by atoms with Crippen LogP contribution >= 0.6 is 23.2 Å². The highest BCUT2D eigenvalue weighted by Gasteiger charge is 2.28. The molecule has 1 aromatic heterocycles. The fraction of sp³-hybridized carbons (Fsp3) is 0.286. The summed E-state index contributed by atoms with van der Waals surface area (Å²) in [7, 11) is 0. The van der Waals surface area contributed by atoms with Crippen molar-refractivity contribution in [3.05, 3.63) is 74.2 Å². The number of amides is 1. The van der Waals surface area contributed by atoms with Crippen LogP contribution in [0.15, 0.2) is 51.8 Å². The SMILES string of the molecule is O=C(Cc1cccc(-c2noc(=O)[nH]2)c1)NC1CNCCOC1c1ccc(Cl)c(Cl)c1. The molecule has 0 bridgehead atoms. The first-order valence-electron chi connectivity index (χ1n) is 9.71. The number of nitrogens with zero attached hydrogens (tertiary/aromatic N) is 1. The zero-order valence-electron chi connectivity index (χ0n) is 16.4. The normalized spacial score (nSPS) is 19.0. The van der Waals surface area contributed by atoms with Gasteiger partial charge in [0.05, 0.1) is 29.1 Å². The van der Waals surface area contributed by atoms with E-state index in [2.05, 4.69) is 25.3 Å². The summed E-state index contributed by atoms with van der Waals surface area (Å²) in [6.45, 7) is 1.74. The van der Waals surface area contributed by atoms with Crippen LogP contribution in [0.1, 0.15) is 17.2 Å². The van der Waals surface area contributed by atoms with Crippen LogP contribution in [0.4, 0.5) is 0 Å². The first kappa shape index (κ1) is 21.6. The first-order chi connectivity index (χ1) is 15.0. The molecule has 3 N–H and O–H groups in total. The van der Waals surface area contributed by atoms with E-state index in [1.165, 1.54) is 0 Å². The smallest absolute Gasteiger partial charge is 0.370 e. The van der Waals surface area contributed by atoms with Gasteiger partial charge in [0.25, 0.3) is 0 Å². The molecule has 1 aliphatic heterocycles. The number of aromatic nitrogens is 2. The maximum atomic E-state index is 12.8. The summed E-state index contributed by atoms with van der Waals surface area (Å²) in [5.74, 6) is -0.478. The second kappa shape index (κ2) is 9.65. The highest BCUT2D eigenvalue weighted by Crippen LogP contribution is 2.29. The van der Waals surface area contributed by atoms with E-state index in [0.717, 1.165) is 11.1 Å². The van der Waals surface area contributed by atoms with Gasteiger partial charge < -0.3 is 15.4 Å². The van der Waals surface area contributed by atoms with Crippen molar-refractivity contribution in [1.29, 1.82) is 0 Å². The Morgan fingerprint density at radius 3 is 2.84 bits per heavy atom. The van der Waals surface area contributed by atoms with E-state index < -0.39 is 5.76 Å². The summed E-state index contributed by atoms with van der Waals surface area (Å²) in [6, 6.07) is 12.2. The maximum Gasteiger partial charge on any atom is 0.439 e. The van der Waals surface area contributed by atoms with Gasteiger partial charge in [-0.1, -0.05) is 52.6 Å². The number of benzene rings is 2. The van der Waals surface area contributed by atoms with Crippen molar-refractivity contribution in [3.8, 4) is 11.4 Å². The van der Waals surface area contributed by atoms with Crippen LogP contribution < -0.4 is 16.4 Å². The molecule has 0 spiro atoms. The molecule has 0 saturated carbocycles. The lowest BCUT2D eigenvalue weighted by molar-refractivity contribution is -0.122. The molecule has 3 aromatic rings. The number of ether oxygens (including phenoxy) is 1. The molecule has 2 heterocycles. The summed E-state index contributed by atoms with van der Waals surface area (Å²) >= 11 is 12.2. The Morgan fingerprint density at radius 2 is 2.06 bits per heavy atom. The number of hydrogen-bond acceptors (Lipinski definition) is 6. The van der Waals surface area contributed by atoms with E-state index in [4.69, 9.17) is 27.9 Å². The quantitative estimate of drug-likeness (QED) is 0.537. The Balaban J connectivity index is 1.48. The number of hydrogen-bond donors (Lipinski definition) is 3. The highest BCUT2D eigenvalue weighted by molar-refractivity contribution is 6.42. The molecule has 2 atom stereocenters. The van der Waals surface area contributed by atoms with Crippen molar-refractivity contribution in [3.63, 3.8) is 0 Å². The fourth-order valence-corrected chi connectivity index (χ4v) is 3.82. The van der Waals surface area contributed by atoms with Gasteiger partial charge in [0.2, 0.25) is 5.91 Å². The molecule has 1 saturated heterocycles. The van der Waals surface area contributed by atoms with Crippen molar-refractivity contribution in [2.24, 2.45) is 0 Å². The van der Waals surface area contributed by atoms with Gasteiger partial charge >= 0.3 is 5.76 Å². The molecule has 2 unspecified atom stereocenters. The van der Waals surface area contributed by atoms with Crippen molar-refractivity contribution < 1.29 is 14.1 Å². The summed E-state index contributed by atoms with van der Waals surface area (Å²) in [4.78, 5) is 26.5. The maximum absolute atomic E-state index is 12.8. The third-order valence-corrected chi connectivity index (χ3v) is 5.67. The second-order valence-electron chi connectivity index (χ2n) is 7.16. The van der Waals surface area contributed by atoms with Crippen LogP contribution in [0, 0.1) is 0 Å². The van der Waals surface area contributed by atoms with Crippen LogP contribution in [-0.2, 0) is 16.0 Å². The highest BCUT2D eigenvalue weighted by atomic mass is 35.5. The molecule has 2 aromatic carbocycles. The van der Waals surface area contributed by atoms with E-state index in [1.807, 2.05) is 12.1 Å². The Bertz CT molecular complexity index is 1130. The predicted molar refractivity (Wildman–Crippen MR) is 116 cm³/mol. The monoisotopic (exact) mass is 462 g/mol. The summed E-state index contributed by atoms with van der Waals surface area (Å²) < 4.78 is 10.5. The van der Waals surface area contributed by atoms with Gasteiger partial charge in [-0.25, -0.2) is 4.79 Å². The summed E-state index contributed by atoms with van der Waals surface area (Å²) in [6.07, 6.45) is -0.208. The lowest BCUT2D eigenvalue weighted by Crippen LogP contribution is -2.45. The van der Waals surface area contributed by atoms with Crippen LogP contribution in [0.3, 0.4) is 0 Å². The Kier molecular flexibility index (Phi) is 6.72. The molecule has 10 heteroatoms. The number of halogens is 2. The van der Waals surface area contributed by atoms with Crippen molar-refractivity contribution in [2.75, 3.05) is 19.7 Å². The Morgan fingerprint density at radius 1 is 1.19 bits per heavy atom.